The molecule has 0 saturated carbocycles. The van der Waals surface area contributed by atoms with Gasteiger partial charge in [-0.25, -0.2) is 0 Å². The summed E-state index contributed by atoms with van der Waals surface area (Å²) >= 11 is 0. The Morgan fingerprint density at radius 2 is 0.960 bits per heavy atom. The van der Waals surface area contributed by atoms with Crippen molar-refractivity contribution in [2.45, 2.75) is 116 Å². The number of carbonyl (C=O) groups excluding carboxylic acids is 4. The van der Waals surface area contributed by atoms with Gasteiger partial charge in [-0.3, -0.25) is 24.0 Å². The average Bonchev–Trinajstić information content (AvgIpc) is 3.09. The summed E-state index contributed by atoms with van der Waals surface area (Å²) in [6, 6.07) is -0.793. The van der Waals surface area contributed by atoms with E-state index in [0.29, 0.717) is 32.7 Å². The van der Waals surface area contributed by atoms with Gasteiger partial charge in [-0.2, -0.15) is 0 Å². The van der Waals surface area contributed by atoms with Gasteiger partial charge in [0.05, 0.1) is 39.6 Å². The molecule has 0 unspecified atom stereocenters. The molecule has 0 aliphatic heterocycles. The van der Waals surface area contributed by atoms with Crippen LogP contribution in [0.3, 0.4) is 0 Å². The number of nitrogens with one attached hydrogen (secondary N) is 4. The number of likely N-dealkylation sites (N-methyl/N-ethyl adjacent to an activating group) is 1. The monoisotopic (exact) mass is 717 g/mol. The zero-order valence-electron chi connectivity index (χ0n) is 30.6. The first kappa shape index (κ1) is 47.1. The van der Waals surface area contributed by atoms with Crippen molar-refractivity contribution in [3.63, 3.8) is 0 Å². The molecule has 0 heterocycles. The number of ether oxygens (including phenoxy) is 4. The number of hydrogen-bond donors (Lipinski definition) is 6. The molecule has 15 nitrogen and oxygen atoms in total. The van der Waals surface area contributed by atoms with Crippen molar-refractivity contribution in [3.8, 4) is 0 Å². The Hall–Kier alpha value is -2.85. The minimum absolute atomic E-state index is 0.000868. The molecule has 0 aromatic heterocycles. The number of carboxylic acids is 1. The van der Waals surface area contributed by atoms with E-state index in [-0.39, 0.29) is 82.8 Å². The number of nitrogens with two attached hydrogens (primary N) is 1. The van der Waals surface area contributed by atoms with Crippen molar-refractivity contribution < 1.29 is 48.0 Å². The van der Waals surface area contributed by atoms with E-state index >= 15 is 0 Å². The van der Waals surface area contributed by atoms with Gasteiger partial charge in [-0.05, 0) is 19.8 Å². The Morgan fingerprint density at radius 3 is 1.42 bits per heavy atom. The molecule has 0 saturated heterocycles. The second-order valence-corrected chi connectivity index (χ2v) is 12.1. The lowest BCUT2D eigenvalue weighted by atomic mass is 10.0. The van der Waals surface area contributed by atoms with Gasteiger partial charge in [-0.1, -0.05) is 77.0 Å². The number of carboxylic acid groups (broad SMARTS) is 1. The van der Waals surface area contributed by atoms with E-state index in [9.17, 15) is 24.0 Å². The van der Waals surface area contributed by atoms with Crippen LogP contribution < -0.4 is 27.0 Å². The normalized spacial score (nSPS) is 11.6. The fraction of sp³-hybridized carbons (Fsp3) is 0.857. The Morgan fingerprint density at radius 1 is 0.540 bits per heavy atom. The van der Waals surface area contributed by atoms with Crippen molar-refractivity contribution in [1.29, 1.82) is 0 Å². The molecule has 0 radical (unpaired) electrons. The molecule has 0 aromatic rings. The fourth-order valence-corrected chi connectivity index (χ4v) is 4.88. The SMILES string of the molecule is CCNC(=O)COCCOCCNC(=O)COCCOCCNC(=O)[C@H](CN)NC(=O)CCCCCCCCCCCCCCCCC(=O)O. The smallest absolute Gasteiger partial charge is 0.303 e. The van der Waals surface area contributed by atoms with Gasteiger partial charge in [0, 0.05) is 39.0 Å². The third kappa shape index (κ3) is 33.6. The first-order chi connectivity index (χ1) is 24.3. The highest BCUT2D eigenvalue weighted by Gasteiger charge is 2.18. The van der Waals surface area contributed by atoms with E-state index in [0.717, 1.165) is 38.5 Å². The van der Waals surface area contributed by atoms with Gasteiger partial charge in [-0.15, -0.1) is 0 Å². The lowest BCUT2D eigenvalue weighted by Gasteiger charge is -2.16. The molecule has 7 N–H and O–H groups in total. The Balaban J connectivity index is 3.58. The van der Waals surface area contributed by atoms with Gasteiger partial charge in [0.2, 0.25) is 23.6 Å². The summed E-state index contributed by atoms with van der Waals surface area (Å²) in [6.07, 6.45) is 16.3. The standard InChI is InChI=1S/C35H67N5O10/c1-2-37-32(42)28-49-25-23-47-21-19-38-33(43)29-50-26-24-48-22-20-39-35(46)30(27-36)40-31(41)17-15-13-11-9-7-5-3-4-6-8-10-12-14-16-18-34(44)45/h30H,2-29,36H2,1H3,(H,37,42)(H,38,43)(H,39,46)(H,40,41)(H,44,45)/t30-/m0/s1. The first-order valence-corrected chi connectivity index (χ1v) is 18.6. The van der Waals surface area contributed by atoms with E-state index in [1.54, 1.807) is 0 Å². The zero-order chi connectivity index (χ0) is 36.9. The Kier molecular flexibility index (Phi) is 33.9. The van der Waals surface area contributed by atoms with Crippen LogP contribution in [0.5, 0.6) is 0 Å². The van der Waals surface area contributed by atoms with Crippen molar-refractivity contribution >= 4 is 29.6 Å². The Bertz CT molecular complexity index is 881. The lowest BCUT2D eigenvalue weighted by Crippen LogP contribution is -2.51. The van der Waals surface area contributed by atoms with Crippen LogP contribution in [0.25, 0.3) is 0 Å². The van der Waals surface area contributed by atoms with Crippen LogP contribution in [-0.4, -0.2) is 120 Å². The minimum atomic E-state index is -0.793. The molecule has 292 valence electrons. The highest BCUT2D eigenvalue weighted by Crippen LogP contribution is 2.13. The number of unbranched alkanes of at least 4 members (excludes halogenated alkanes) is 13. The summed E-state index contributed by atoms with van der Waals surface area (Å²) in [5.41, 5.74) is 5.71. The maximum absolute atomic E-state index is 12.4. The van der Waals surface area contributed by atoms with Crippen LogP contribution in [0.2, 0.25) is 0 Å². The molecule has 0 bridgehead atoms. The minimum Gasteiger partial charge on any atom is -0.481 e. The molecule has 0 aromatic carbocycles. The van der Waals surface area contributed by atoms with Crippen LogP contribution in [-0.2, 0) is 42.9 Å². The molecule has 0 rings (SSSR count). The van der Waals surface area contributed by atoms with Crippen molar-refractivity contribution in [2.75, 3.05) is 79.0 Å². The number of hydrogen-bond acceptors (Lipinski definition) is 10. The topological polar surface area (TPSA) is 217 Å². The summed E-state index contributed by atoms with van der Waals surface area (Å²) in [4.78, 5) is 58.2. The van der Waals surface area contributed by atoms with Crippen molar-refractivity contribution in [2.24, 2.45) is 5.73 Å². The number of rotatable bonds is 37. The molecule has 0 aliphatic rings. The van der Waals surface area contributed by atoms with E-state index in [4.69, 9.17) is 29.8 Å². The van der Waals surface area contributed by atoms with Gasteiger partial charge in [0.1, 0.15) is 19.3 Å². The molecule has 0 fully saturated rings. The maximum atomic E-state index is 12.4. The van der Waals surface area contributed by atoms with Crippen LogP contribution in [0, 0.1) is 0 Å². The highest BCUT2D eigenvalue weighted by molar-refractivity contribution is 5.87. The second-order valence-electron chi connectivity index (χ2n) is 12.1. The molecule has 50 heavy (non-hydrogen) atoms. The van der Waals surface area contributed by atoms with Crippen LogP contribution in [0.1, 0.15) is 110 Å². The summed E-state index contributed by atoms with van der Waals surface area (Å²) < 4.78 is 21.2. The Labute approximate surface area is 299 Å². The number of aliphatic carboxylic acids is 1. The van der Waals surface area contributed by atoms with Crippen LogP contribution in [0.15, 0.2) is 0 Å². The molecule has 1 atom stereocenters. The molecule has 15 heteroatoms. The number of carbonyl (C=O) groups is 5. The maximum Gasteiger partial charge on any atom is 0.303 e. The molecule has 0 spiro atoms. The highest BCUT2D eigenvalue weighted by atomic mass is 16.5. The van der Waals surface area contributed by atoms with Crippen molar-refractivity contribution in [1.82, 2.24) is 21.3 Å². The number of amides is 4. The molecular formula is C35H67N5O10. The van der Waals surface area contributed by atoms with E-state index in [1.807, 2.05) is 6.92 Å². The van der Waals surface area contributed by atoms with Gasteiger partial charge in [0.15, 0.2) is 0 Å². The van der Waals surface area contributed by atoms with Crippen molar-refractivity contribution in [3.05, 3.63) is 0 Å². The quantitative estimate of drug-likeness (QED) is 0.0512. The van der Waals surface area contributed by atoms with E-state index < -0.39 is 12.0 Å². The van der Waals surface area contributed by atoms with Gasteiger partial charge >= 0.3 is 5.97 Å². The van der Waals surface area contributed by atoms with Crippen LogP contribution in [0.4, 0.5) is 0 Å². The average molecular weight is 718 g/mol. The predicted octanol–water partition coefficient (Wildman–Crippen LogP) is 2.19. The third-order valence-electron chi connectivity index (χ3n) is 7.63. The summed E-state index contributed by atoms with van der Waals surface area (Å²) in [5, 5.41) is 19.4. The molecule has 0 aliphatic carbocycles. The summed E-state index contributed by atoms with van der Waals surface area (Å²) in [6.45, 7) is 4.46. The fourth-order valence-electron chi connectivity index (χ4n) is 4.88. The van der Waals surface area contributed by atoms with Crippen LogP contribution >= 0.6 is 0 Å². The first-order valence-electron chi connectivity index (χ1n) is 18.6. The van der Waals surface area contributed by atoms with E-state index in [2.05, 4.69) is 21.3 Å². The third-order valence-corrected chi connectivity index (χ3v) is 7.63. The second kappa shape index (κ2) is 36.0. The largest absolute Gasteiger partial charge is 0.481 e. The summed E-state index contributed by atoms with van der Waals surface area (Å²) in [7, 11) is 0. The van der Waals surface area contributed by atoms with Gasteiger partial charge < -0.3 is 51.1 Å². The lowest BCUT2D eigenvalue weighted by molar-refractivity contribution is -0.137. The van der Waals surface area contributed by atoms with Gasteiger partial charge in [0.25, 0.3) is 0 Å². The molecular weight excluding hydrogens is 650 g/mol. The van der Waals surface area contributed by atoms with E-state index in [1.165, 1.54) is 51.4 Å². The summed E-state index contributed by atoms with van der Waals surface area (Å²) in [5.74, 6) is -1.69. The predicted molar refractivity (Wildman–Crippen MR) is 190 cm³/mol. The molecule has 4 amide bonds. The zero-order valence-corrected chi connectivity index (χ0v) is 30.6.